The van der Waals surface area contributed by atoms with Gasteiger partial charge in [-0.2, -0.15) is 5.10 Å². The number of benzene rings is 2. The van der Waals surface area contributed by atoms with E-state index in [2.05, 4.69) is 34.2 Å². The highest BCUT2D eigenvalue weighted by Crippen LogP contribution is 2.32. The van der Waals surface area contributed by atoms with Crippen molar-refractivity contribution < 1.29 is 0 Å². The molecule has 0 amide bonds. The minimum Gasteiger partial charge on any atom is -0.369 e. The van der Waals surface area contributed by atoms with Crippen molar-refractivity contribution in [2.45, 2.75) is 13.3 Å². The average Bonchev–Trinajstić information content (AvgIpc) is 2.94. The third-order valence-electron chi connectivity index (χ3n) is 3.97. The minimum atomic E-state index is -0.0441. The molecule has 3 aromatic rings. The van der Waals surface area contributed by atoms with Crippen LogP contribution in [0.5, 0.6) is 0 Å². The molecule has 128 valence electrons. The van der Waals surface area contributed by atoms with E-state index in [0.29, 0.717) is 0 Å². The molecule has 0 aliphatic carbocycles. The smallest absolute Gasteiger partial charge is 0.211 e. The van der Waals surface area contributed by atoms with Crippen molar-refractivity contribution in [2.75, 3.05) is 0 Å². The molecule has 1 unspecified atom stereocenters. The van der Waals surface area contributed by atoms with Crippen LogP contribution in [0.2, 0.25) is 5.02 Å². The Morgan fingerprint density at radius 1 is 1.16 bits per heavy atom. The quantitative estimate of drug-likeness (QED) is 0.368. The number of aromatic amines is 1. The second-order valence-electron chi connectivity index (χ2n) is 6.00. The van der Waals surface area contributed by atoms with E-state index in [0.717, 1.165) is 28.2 Å². The number of guanidine groups is 1. The van der Waals surface area contributed by atoms with Gasteiger partial charge >= 0.3 is 0 Å². The highest BCUT2D eigenvalue weighted by Gasteiger charge is 2.15. The molecule has 2 aromatic carbocycles. The summed E-state index contributed by atoms with van der Waals surface area (Å²) in [6.45, 7) is 2.08. The van der Waals surface area contributed by atoms with Gasteiger partial charge in [0, 0.05) is 27.8 Å². The first-order valence-electron chi connectivity index (χ1n) is 8.02. The van der Waals surface area contributed by atoms with Crippen molar-refractivity contribution in [2.24, 2.45) is 27.6 Å². The van der Waals surface area contributed by atoms with E-state index >= 15 is 0 Å². The maximum absolute atomic E-state index is 6.02. The Morgan fingerprint density at radius 3 is 2.60 bits per heavy atom. The molecule has 0 saturated carbocycles. The number of nitrogens with zero attached hydrogens (tertiary/aromatic N) is 2. The number of nitrogens with two attached hydrogens (primary N) is 2. The van der Waals surface area contributed by atoms with Crippen molar-refractivity contribution >= 4 is 34.7 Å². The molecule has 0 aliphatic rings. The number of aromatic nitrogens is 1. The lowest BCUT2D eigenvalue weighted by molar-refractivity contribution is 0.785. The molecule has 5 nitrogen and oxygen atoms in total. The van der Waals surface area contributed by atoms with Gasteiger partial charge < -0.3 is 16.5 Å². The fourth-order valence-corrected chi connectivity index (χ4v) is 2.99. The number of hydrogen-bond acceptors (Lipinski definition) is 2. The Hall–Kier alpha value is -2.79. The predicted molar refractivity (Wildman–Crippen MR) is 106 cm³/mol. The van der Waals surface area contributed by atoms with Gasteiger partial charge in [-0.3, -0.25) is 0 Å². The zero-order chi connectivity index (χ0) is 17.8. The fraction of sp³-hybridized carbons (Fsp3) is 0.158. The first-order valence-corrected chi connectivity index (χ1v) is 8.40. The van der Waals surface area contributed by atoms with E-state index in [1.807, 2.05) is 36.4 Å². The number of hydrogen-bond donors (Lipinski definition) is 3. The summed E-state index contributed by atoms with van der Waals surface area (Å²) in [4.78, 5) is 3.52. The van der Waals surface area contributed by atoms with Gasteiger partial charge in [-0.15, -0.1) is 5.10 Å². The highest BCUT2D eigenvalue weighted by molar-refractivity contribution is 6.30. The van der Waals surface area contributed by atoms with Crippen molar-refractivity contribution in [1.82, 2.24) is 4.98 Å². The maximum atomic E-state index is 6.02. The Kier molecular flexibility index (Phi) is 5.05. The average molecular weight is 354 g/mol. The Labute approximate surface area is 151 Å². The molecule has 5 N–H and O–H groups in total. The molecular formula is C19H20ClN5. The SMILES string of the molecule is CC(C=NN=C(N)N)Cc1c(-c2ccc(Cl)cc2)[nH]c2ccccc12. The van der Waals surface area contributed by atoms with E-state index in [1.54, 1.807) is 6.21 Å². The molecule has 0 spiro atoms. The molecule has 3 rings (SSSR count). The van der Waals surface area contributed by atoms with Crippen LogP contribution in [0.1, 0.15) is 12.5 Å². The van der Waals surface area contributed by atoms with Crippen LogP contribution in [0.3, 0.4) is 0 Å². The highest BCUT2D eigenvalue weighted by atomic mass is 35.5. The van der Waals surface area contributed by atoms with Gasteiger partial charge in [0.15, 0.2) is 0 Å². The monoisotopic (exact) mass is 353 g/mol. The standard InChI is InChI=1S/C19H20ClN5/c1-12(11-23-25-19(21)22)10-16-15-4-2-3-5-17(15)24-18(16)13-6-8-14(20)9-7-13/h2-9,11-12,24H,10H2,1H3,(H4,21,22,25). The van der Waals surface area contributed by atoms with E-state index in [1.165, 1.54) is 10.9 Å². The number of para-hydroxylation sites is 1. The summed E-state index contributed by atoms with van der Waals surface area (Å²) in [6.07, 6.45) is 2.57. The van der Waals surface area contributed by atoms with Gasteiger partial charge in [0.25, 0.3) is 0 Å². The molecule has 0 fully saturated rings. The Bertz CT molecular complexity index is 921. The van der Waals surface area contributed by atoms with E-state index in [9.17, 15) is 0 Å². The second kappa shape index (κ2) is 7.40. The van der Waals surface area contributed by atoms with Crippen molar-refractivity contribution in [3.8, 4) is 11.3 Å². The molecule has 0 radical (unpaired) electrons. The Balaban J connectivity index is 2.00. The summed E-state index contributed by atoms with van der Waals surface area (Å²) in [5.41, 5.74) is 15.1. The lowest BCUT2D eigenvalue weighted by atomic mass is 9.96. The third kappa shape index (κ3) is 4.00. The number of H-pyrrole nitrogens is 1. The number of nitrogens with one attached hydrogen (secondary N) is 1. The summed E-state index contributed by atoms with van der Waals surface area (Å²) >= 11 is 6.02. The normalized spacial score (nSPS) is 12.6. The zero-order valence-corrected chi connectivity index (χ0v) is 14.7. The first-order chi connectivity index (χ1) is 12.0. The summed E-state index contributed by atoms with van der Waals surface area (Å²) in [7, 11) is 0. The largest absolute Gasteiger partial charge is 0.369 e. The summed E-state index contributed by atoms with van der Waals surface area (Å²) < 4.78 is 0. The first kappa shape index (κ1) is 17.0. The lowest BCUT2D eigenvalue weighted by Crippen LogP contribution is -2.21. The fourth-order valence-electron chi connectivity index (χ4n) is 2.86. The lowest BCUT2D eigenvalue weighted by Gasteiger charge is -2.08. The van der Waals surface area contributed by atoms with Crippen LogP contribution in [0, 0.1) is 5.92 Å². The van der Waals surface area contributed by atoms with Crippen LogP contribution in [0.25, 0.3) is 22.2 Å². The number of rotatable bonds is 5. The minimum absolute atomic E-state index is 0.0441. The topological polar surface area (TPSA) is 92.5 Å². The van der Waals surface area contributed by atoms with Gasteiger partial charge in [0.1, 0.15) is 0 Å². The van der Waals surface area contributed by atoms with Gasteiger partial charge in [-0.05, 0) is 41.7 Å². The van der Waals surface area contributed by atoms with E-state index < -0.39 is 0 Å². The van der Waals surface area contributed by atoms with Gasteiger partial charge in [-0.25, -0.2) is 0 Å². The van der Waals surface area contributed by atoms with Crippen LogP contribution < -0.4 is 11.5 Å². The molecule has 1 atom stereocenters. The third-order valence-corrected chi connectivity index (χ3v) is 4.22. The van der Waals surface area contributed by atoms with Crippen molar-refractivity contribution in [3.63, 3.8) is 0 Å². The van der Waals surface area contributed by atoms with Crippen molar-refractivity contribution in [3.05, 3.63) is 59.1 Å². The summed E-state index contributed by atoms with van der Waals surface area (Å²) in [5, 5.41) is 9.52. The molecule has 0 aliphatic heterocycles. The maximum Gasteiger partial charge on any atom is 0.211 e. The molecule has 1 heterocycles. The summed E-state index contributed by atoms with van der Waals surface area (Å²) in [5.74, 6) is 0.130. The molecule has 6 heteroatoms. The summed E-state index contributed by atoms with van der Waals surface area (Å²) in [6, 6.07) is 16.1. The van der Waals surface area contributed by atoms with Crippen LogP contribution in [0.4, 0.5) is 0 Å². The van der Waals surface area contributed by atoms with E-state index in [-0.39, 0.29) is 11.9 Å². The molecule has 0 saturated heterocycles. The number of halogens is 1. The predicted octanol–water partition coefficient (Wildman–Crippen LogP) is 3.93. The van der Waals surface area contributed by atoms with E-state index in [4.69, 9.17) is 23.1 Å². The molecule has 1 aromatic heterocycles. The van der Waals surface area contributed by atoms with Crippen LogP contribution in [-0.4, -0.2) is 17.2 Å². The zero-order valence-electron chi connectivity index (χ0n) is 13.9. The van der Waals surface area contributed by atoms with Gasteiger partial charge in [-0.1, -0.05) is 48.9 Å². The molecular weight excluding hydrogens is 334 g/mol. The van der Waals surface area contributed by atoms with Crippen molar-refractivity contribution in [1.29, 1.82) is 0 Å². The molecule has 0 bridgehead atoms. The van der Waals surface area contributed by atoms with Gasteiger partial charge in [0.2, 0.25) is 5.96 Å². The second-order valence-corrected chi connectivity index (χ2v) is 6.44. The van der Waals surface area contributed by atoms with Crippen LogP contribution in [-0.2, 0) is 6.42 Å². The number of fused-ring (bicyclic) bond motifs is 1. The Morgan fingerprint density at radius 2 is 1.88 bits per heavy atom. The van der Waals surface area contributed by atoms with Gasteiger partial charge in [0.05, 0.1) is 0 Å². The van der Waals surface area contributed by atoms with Crippen LogP contribution >= 0.6 is 11.6 Å². The van der Waals surface area contributed by atoms with Crippen LogP contribution in [0.15, 0.2) is 58.7 Å². The molecule has 25 heavy (non-hydrogen) atoms.